The highest BCUT2D eigenvalue weighted by Crippen LogP contribution is 2.25. The number of likely N-dealkylation sites (tertiary alicyclic amines) is 2. The lowest BCUT2D eigenvalue weighted by molar-refractivity contribution is -0.142. The number of β-amino-alcohol motifs (C(OH)–C–C–N with tert-alkyl or cyclic N) is 1. The maximum Gasteiger partial charge on any atom is 0.320 e. The molecule has 2 fully saturated rings. The van der Waals surface area contributed by atoms with E-state index in [1.165, 1.54) is 0 Å². The zero-order valence-corrected chi connectivity index (χ0v) is 9.87. The molecule has 2 heterocycles. The number of amides is 2. The molecule has 2 rings (SSSR count). The fraction of sp³-hybridized carbons (Fsp3) is 0.818. The van der Waals surface area contributed by atoms with Gasteiger partial charge in [-0.3, -0.25) is 4.79 Å². The third-order valence-corrected chi connectivity index (χ3v) is 3.63. The Balaban J connectivity index is 1.96. The van der Waals surface area contributed by atoms with Gasteiger partial charge in [0.05, 0.1) is 12.0 Å². The van der Waals surface area contributed by atoms with Gasteiger partial charge in [-0.25, -0.2) is 4.79 Å². The van der Waals surface area contributed by atoms with Gasteiger partial charge in [-0.2, -0.15) is 0 Å². The predicted molar refractivity (Wildman–Crippen MR) is 59.5 cm³/mol. The van der Waals surface area contributed by atoms with E-state index in [0.717, 1.165) is 0 Å². The first-order chi connectivity index (χ1) is 7.99. The predicted octanol–water partition coefficient (Wildman–Crippen LogP) is -0.175. The maximum atomic E-state index is 12.1. The number of aliphatic carboxylic acids is 1. The van der Waals surface area contributed by atoms with Crippen molar-refractivity contribution in [3.8, 4) is 0 Å². The first-order valence-corrected chi connectivity index (χ1v) is 5.93. The molecule has 96 valence electrons. The Labute approximate surface area is 99.8 Å². The highest BCUT2D eigenvalue weighted by molar-refractivity contribution is 5.78. The van der Waals surface area contributed by atoms with E-state index in [9.17, 15) is 14.7 Å². The van der Waals surface area contributed by atoms with Gasteiger partial charge in [0.15, 0.2) is 0 Å². The Morgan fingerprint density at radius 1 is 1.18 bits per heavy atom. The van der Waals surface area contributed by atoms with Crippen molar-refractivity contribution in [3.05, 3.63) is 0 Å². The fourth-order valence-corrected chi connectivity index (χ4v) is 2.56. The molecule has 0 aliphatic carbocycles. The summed E-state index contributed by atoms with van der Waals surface area (Å²) in [5.74, 6) is -1.32. The van der Waals surface area contributed by atoms with E-state index in [1.54, 1.807) is 9.80 Å². The van der Waals surface area contributed by atoms with Gasteiger partial charge in [0.25, 0.3) is 0 Å². The third-order valence-electron chi connectivity index (χ3n) is 3.63. The molecular formula is C11H18N2O4. The van der Waals surface area contributed by atoms with Crippen LogP contribution in [0.25, 0.3) is 0 Å². The smallest absolute Gasteiger partial charge is 0.320 e. The second-order valence-corrected chi connectivity index (χ2v) is 5.00. The van der Waals surface area contributed by atoms with Crippen LogP contribution in [0.15, 0.2) is 0 Å². The molecule has 0 aromatic rings. The molecule has 0 aromatic heterocycles. The first-order valence-electron chi connectivity index (χ1n) is 5.93. The molecule has 2 saturated heterocycles. The van der Waals surface area contributed by atoms with Crippen LogP contribution in [0.2, 0.25) is 0 Å². The molecule has 2 aliphatic rings. The van der Waals surface area contributed by atoms with Crippen LogP contribution in [0.5, 0.6) is 0 Å². The molecule has 3 atom stereocenters. The summed E-state index contributed by atoms with van der Waals surface area (Å²) >= 11 is 0. The van der Waals surface area contributed by atoms with Gasteiger partial charge in [0.2, 0.25) is 0 Å². The zero-order valence-electron chi connectivity index (χ0n) is 9.87. The van der Waals surface area contributed by atoms with Crippen LogP contribution in [0, 0.1) is 11.8 Å². The molecule has 2 amide bonds. The molecule has 17 heavy (non-hydrogen) atoms. The number of rotatable bonds is 1. The van der Waals surface area contributed by atoms with E-state index in [-0.39, 0.29) is 18.5 Å². The largest absolute Gasteiger partial charge is 0.481 e. The Morgan fingerprint density at radius 3 is 2.35 bits per heavy atom. The average molecular weight is 242 g/mol. The van der Waals surface area contributed by atoms with Crippen LogP contribution in [0.4, 0.5) is 4.79 Å². The summed E-state index contributed by atoms with van der Waals surface area (Å²) in [7, 11) is 0. The number of hydrogen-bond donors (Lipinski definition) is 2. The van der Waals surface area contributed by atoms with Crippen LogP contribution < -0.4 is 0 Å². The van der Waals surface area contributed by atoms with Crippen molar-refractivity contribution in [2.24, 2.45) is 11.8 Å². The zero-order chi connectivity index (χ0) is 12.6. The quantitative estimate of drug-likeness (QED) is 0.668. The van der Waals surface area contributed by atoms with Crippen molar-refractivity contribution >= 4 is 12.0 Å². The normalized spacial score (nSPS) is 33.2. The van der Waals surface area contributed by atoms with E-state index in [1.807, 2.05) is 6.92 Å². The van der Waals surface area contributed by atoms with E-state index in [4.69, 9.17) is 5.11 Å². The molecule has 3 unspecified atom stereocenters. The van der Waals surface area contributed by atoms with Crippen molar-refractivity contribution in [2.75, 3.05) is 26.2 Å². The Kier molecular flexibility index (Phi) is 3.24. The number of carboxylic acids is 1. The van der Waals surface area contributed by atoms with Gasteiger partial charge in [-0.05, 0) is 12.3 Å². The Hall–Kier alpha value is -1.30. The minimum absolute atomic E-state index is 0.0102. The van der Waals surface area contributed by atoms with Gasteiger partial charge in [0.1, 0.15) is 0 Å². The van der Waals surface area contributed by atoms with Crippen LogP contribution in [-0.2, 0) is 4.79 Å². The molecule has 6 heteroatoms. The van der Waals surface area contributed by atoms with Crippen molar-refractivity contribution in [2.45, 2.75) is 19.4 Å². The molecule has 6 nitrogen and oxygen atoms in total. The van der Waals surface area contributed by atoms with Crippen molar-refractivity contribution in [3.63, 3.8) is 0 Å². The first kappa shape index (κ1) is 12.2. The number of nitrogens with zero attached hydrogens (tertiary/aromatic N) is 2. The second kappa shape index (κ2) is 4.52. The molecule has 2 N–H and O–H groups in total. The summed E-state index contributed by atoms with van der Waals surface area (Å²) in [6.07, 6.45) is 0.173. The van der Waals surface area contributed by atoms with E-state index < -0.39 is 18.0 Å². The number of aliphatic hydroxyl groups excluding tert-OH is 1. The van der Waals surface area contributed by atoms with E-state index >= 15 is 0 Å². The lowest BCUT2D eigenvalue weighted by Crippen LogP contribution is -2.41. The summed E-state index contributed by atoms with van der Waals surface area (Å²) < 4.78 is 0. The number of aliphatic hydroxyl groups is 1. The summed E-state index contributed by atoms with van der Waals surface area (Å²) in [6.45, 7) is 3.54. The van der Waals surface area contributed by atoms with E-state index in [0.29, 0.717) is 26.1 Å². The SMILES string of the molecule is CC1CN(C(=O)N2CCC(O)C2)CC1C(=O)O. The van der Waals surface area contributed by atoms with Crippen molar-refractivity contribution in [1.82, 2.24) is 9.80 Å². The summed E-state index contributed by atoms with van der Waals surface area (Å²) in [4.78, 5) is 26.2. The summed E-state index contributed by atoms with van der Waals surface area (Å²) in [5, 5.41) is 18.4. The highest BCUT2D eigenvalue weighted by Gasteiger charge is 2.39. The average Bonchev–Trinajstić information content (AvgIpc) is 2.83. The lowest BCUT2D eigenvalue weighted by atomic mass is 9.99. The molecule has 0 radical (unpaired) electrons. The summed E-state index contributed by atoms with van der Waals surface area (Å²) in [6, 6.07) is -0.142. The highest BCUT2D eigenvalue weighted by atomic mass is 16.4. The number of carbonyl (C=O) groups excluding carboxylic acids is 1. The van der Waals surface area contributed by atoms with Crippen LogP contribution >= 0.6 is 0 Å². The van der Waals surface area contributed by atoms with Gasteiger partial charge < -0.3 is 20.0 Å². The monoisotopic (exact) mass is 242 g/mol. The number of carboxylic acid groups (broad SMARTS) is 1. The molecule has 0 bridgehead atoms. The van der Waals surface area contributed by atoms with Crippen LogP contribution in [0.3, 0.4) is 0 Å². The topological polar surface area (TPSA) is 81.1 Å². The number of urea groups is 1. The minimum Gasteiger partial charge on any atom is -0.481 e. The number of hydrogen-bond acceptors (Lipinski definition) is 3. The van der Waals surface area contributed by atoms with Gasteiger partial charge in [0, 0.05) is 26.2 Å². The van der Waals surface area contributed by atoms with Crippen LogP contribution in [-0.4, -0.2) is 64.3 Å². The fourth-order valence-electron chi connectivity index (χ4n) is 2.56. The Morgan fingerprint density at radius 2 is 1.88 bits per heavy atom. The van der Waals surface area contributed by atoms with E-state index in [2.05, 4.69) is 0 Å². The van der Waals surface area contributed by atoms with Crippen molar-refractivity contribution < 1.29 is 19.8 Å². The standard InChI is InChI=1S/C11H18N2O4/c1-7-4-13(6-9(7)10(15)16)11(17)12-3-2-8(14)5-12/h7-9,14H,2-6H2,1H3,(H,15,16). The minimum atomic E-state index is -0.839. The molecule has 2 aliphatic heterocycles. The molecule has 0 saturated carbocycles. The van der Waals surface area contributed by atoms with Gasteiger partial charge in [-0.15, -0.1) is 0 Å². The lowest BCUT2D eigenvalue weighted by Gasteiger charge is -2.23. The maximum absolute atomic E-state index is 12.1. The second-order valence-electron chi connectivity index (χ2n) is 5.00. The molecular weight excluding hydrogens is 224 g/mol. The van der Waals surface area contributed by atoms with Gasteiger partial charge >= 0.3 is 12.0 Å². The Bertz CT molecular complexity index is 333. The molecule has 0 aromatic carbocycles. The van der Waals surface area contributed by atoms with Crippen molar-refractivity contribution in [1.29, 1.82) is 0 Å². The summed E-state index contributed by atoms with van der Waals surface area (Å²) in [5.41, 5.74) is 0. The molecule has 0 spiro atoms. The number of carbonyl (C=O) groups is 2. The van der Waals surface area contributed by atoms with Crippen LogP contribution in [0.1, 0.15) is 13.3 Å². The van der Waals surface area contributed by atoms with Gasteiger partial charge in [-0.1, -0.05) is 6.92 Å². The third kappa shape index (κ3) is 2.36.